The van der Waals surface area contributed by atoms with Gasteiger partial charge in [-0.1, -0.05) is 12.2 Å². The highest BCUT2D eigenvalue weighted by molar-refractivity contribution is 5.72. The van der Waals surface area contributed by atoms with Crippen LogP contribution in [0.5, 0.6) is 0 Å². The van der Waals surface area contributed by atoms with Crippen LogP contribution in [0.4, 0.5) is 0 Å². The van der Waals surface area contributed by atoms with Gasteiger partial charge in [-0.25, -0.2) is 0 Å². The summed E-state index contributed by atoms with van der Waals surface area (Å²) in [6, 6.07) is 0. The quantitative estimate of drug-likeness (QED) is 0.634. The number of hydrogen-bond donors (Lipinski definition) is 0. The molecule has 1 heterocycles. The molecule has 1 aliphatic heterocycles. The number of rotatable bonds is 0. The molecule has 1 aliphatic rings. The van der Waals surface area contributed by atoms with Crippen molar-refractivity contribution in [2.45, 2.75) is 0 Å². The standard InChI is InChI=1S/C15H16N4O/c16-15-19-11-9-17-7-3-1-2-5-13-20-14-6-4-8-18-10-12-19/h1-11,14H,12-13H2/b3-1+,5-2-,8-4-,11-9-,14-6+,17-7-,18-10?. The third kappa shape index (κ3) is 8.25. The van der Waals surface area contributed by atoms with Crippen LogP contribution in [0, 0.1) is 11.5 Å². The Morgan fingerprint density at radius 3 is 2.90 bits per heavy atom. The number of hydrogen-bond acceptors (Lipinski definition) is 5. The van der Waals surface area contributed by atoms with E-state index in [-0.39, 0.29) is 0 Å². The minimum absolute atomic E-state index is 0.394. The van der Waals surface area contributed by atoms with Crippen LogP contribution in [-0.4, -0.2) is 30.5 Å². The normalized spacial score (nSPS) is 26.1. The monoisotopic (exact) mass is 268 g/mol. The number of ether oxygens (including phenoxy) is 1. The van der Waals surface area contributed by atoms with Crippen molar-refractivity contribution in [1.82, 2.24) is 4.90 Å². The summed E-state index contributed by atoms with van der Waals surface area (Å²) >= 11 is 0. The third-order valence-corrected chi connectivity index (χ3v) is 2.03. The van der Waals surface area contributed by atoms with Gasteiger partial charge in [-0.15, -0.1) is 0 Å². The zero-order valence-corrected chi connectivity index (χ0v) is 11.0. The molecule has 0 saturated heterocycles. The van der Waals surface area contributed by atoms with Gasteiger partial charge in [0, 0.05) is 31.0 Å². The van der Waals surface area contributed by atoms with Crippen LogP contribution in [0.25, 0.3) is 0 Å². The SMILES string of the molecule is N#CN1\C=C/N=C\C=C\C=C/CO/C=C/C=C\N=CC1. The van der Waals surface area contributed by atoms with Crippen LogP contribution in [-0.2, 0) is 4.74 Å². The summed E-state index contributed by atoms with van der Waals surface area (Å²) < 4.78 is 5.21. The molecular formula is C15H16N4O. The van der Waals surface area contributed by atoms with E-state index in [0.717, 1.165) is 0 Å². The first-order chi connectivity index (χ1) is 9.93. The molecule has 5 nitrogen and oxygen atoms in total. The zero-order valence-electron chi connectivity index (χ0n) is 11.0. The smallest absolute Gasteiger partial charge is 0.184 e. The molecule has 0 atom stereocenters. The van der Waals surface area contributed by atoms with Crippen molar-refractivity contribution in [3.8, 4) is 6.19 Å². The van der Waals surface area contributed by atoms with Crippen LogP contribution < -0.4 is 0 Å². The minimum Gasteiger partial charge on any atom is -0.497 e. The number of allylic oxidation sites excluding steroid dienone is 5. The first-order valence-electron chi connectivity index (χ1n) is 6.06. The summed E-state index contributed by atoms with van der Waals surface area (Å²) in [5.41, 5.74) is 0. The molecule has 0 spiro atoms. The van der Waals surface area contributed by atoms with E-state index in [1.165, 1.54) is 4.90 Å². The molecule has 20 heavy (non-hydrogen) atoms. The van der Waals surface area contributed by atoms with Crippen molar-refractivity contribution >= 4 is 12.4 Å². The average Bonchev–Trinajstić information content (AvgIpc) is 2.47. The van der Waals surface area contributed by atoms with Crippen LogP contribution in [0.2, 0.25) is 0 Å². The van der Waals surface area contributed by atoms with Crippen LogP contribution in [0.3, 0.4) is 0 Å². The van der Waals surface area contributed by atoms with Gasteiger partial charge in [-0.3, -0.25) is 14.9 Å². The van der Waals surface area contributed by atoms with Gasteiger partial charge in [-0.2, -0.15) is 5.26 Å². The highest BCUT2D eigenvalue weighted by Gasteiger charge is 1.90. The Hall–Kier alpha value is -2.87. The fourth-order valence-electron chi connectivity index (χ4n) is 1.11. The third-order valence-electron chi connectivity index (χ3n) is 2.03. The van der Waals surface area contributed by atoms with Gasteiger partial charge in [0.25, 0.3) is 0 Å². The second kappa shape index (κ2) is 11.2. The predicted octanol–water partition coefficient (Wildman–Crippen LogP) is 2.55. The summed E-state index contributed by atoms with van der Waals surface area (Å²) in [5.74, 6) is 0. The molecule has 0 saturated carbocycles. The van der Waals surface area contributed by atoms with E-state index in [4.69, 9.17) is 10.00 Å². The van der Waals surface area contributed by atoms with E-state index < -0.39 is 0 Å². The molecule has 0 radical (unpaired) electrons. The molecule has 0 aromatic rings. The van der Waals surface area contributed by atoms with E-state index in [0.29, 0.717) is 13.2 Å². The molecular weight excluding hydrogens is 252 g/mol. The zero-order chi connectivity index (χ0) is 14.3. The summed E-state index contributed by atoms with van der Waals surface area (Å²) in [6.45, 7) is 0.901. The van der Waals surface area contributed by atoms with Gasteiger partial charge in [-0.05, 0) is 24.3 Å². The molecule has 0 aromatic heterocycles. The lowest BCUT2D eigenvalue weighted by Crippen LogP contribution is -2.12. The second-order valence-electron chi connectivity index (χ2n) is 3.50. The summed E-state index contributed by atoms with van der Waals surface area (Å²) in [5, 5.41) is 8.89. The maximum Gasteiger partial charge on any atom is 0.184 e. The van der Waals surface area contributed by atoms with E-state index in [9.17, 15) is 0 Å². The van der Waals surface area contributed by atoms with Gasteiger partial charge in [0.15, 0.2) is 6.19 Å². The van der Waals surface area contributed by atoms with Crippen molar-refractivity contribution in [2.24, 2.45) is 9.98 Å². The molecule has 0 aromatic carbocycles. The number of aliphatic imine (C=N–C) groups is 2. The van der Waals surface area contributed by atoms with Crippen molar-refractivity contribution in [3.05, 3.63) is 61.3 Å². The molecule has 102 valence electrons. The molecule has 5 heteroatoms. The van der Waals surface area contributed by atoms with Crippen LogP contribution in [0.15, 0.2) is 71.3 Å². The molecule has 1 rings (SSSR count). The Morgan fingerprint density at radius 1 is 1.05 bits per heavy atom. The Bertz CT molecular complexity index is 504. The Balaban J connectivity index is 2.67. The average molecular weight is 268 g/mol. The first kappa shape index (κ1) is 15.2. The molecule has 0 fully saturated rings. The summed E-state index contributed by atoms with van der Waals surface area (Å²) in [7, 11) is 0. The fraction of sp³-hybridized carbons (Fsp3) is 0.133. The highest BCUT2D eigenvalue weighted by atomic mass is 16.5. The molecule has 0 bridgehead atoms. The first-order valence-corrected chi connectivity index (χ1v) is 6.06. The number of nitrogens with zero attached hydrogens (tertiary/aromatic N) is 4. The highest BCUT2D eigenvalue weighted by Crippen LogP contribution is 1.88. The van der Waals surface area contributed by atoms with E-state index in [1.54, 1.807) is 55.5 Å². The van der Waals surface area contributed by atoms with E-state index in [2.05, 4.69) is 9.98 Å². The van der Waals surface area contributed by atoms with Gasteiger partial charge in [0.2, 0.25) is 0 Å². The lowest BCUT2D eigenvalue weighted by Gasteiger charge is -2.03. The Labute approximate surface area is 118 Å². The molecule has 0 unspecified atom stereocenters. The molecule has 0 N–H and O–H groups in total. The maximum atomic E-state index is 8.89. The predicted molar refractivity (Wildman–Crippen MR) is 81.0 cm³/mol. The number of nitriles is 1. The van der Waals surface area contributed by atoms with Gasteiger partial charge < -0.3 is 4.74 Å². The van der Waals surface area contributed by atoms with Crippen molar-refractivity contribution in [1.29, 1.82) is 5.26 Å². The van der Waals surface area contributed by atoms with Gasteiger partial charge >= 0.3 is 0 Å². The van der Waals surface area contributed by atoms with Crippen LogP contribution >= 0.6 is 0 Å². The minimum atomic E-state index is 0.394. The second-order valence-corrected chi connectivity index (χ2v) is 3.50. The van der Waals surface area contributed by atoms with E-state index >= 15 is 0 Å². The maximum absolute atomic E-state index is 8.89. The van der Waals surface area contributed by atoms with Crippen LogP contribution in [0.1, 0.15) is 0 Å². The molecule has 0 aliphatic carbocycles. The van der Waals surface area contributed by atoms with Crippen molar-refractivity contribution < 1.29 is 4.74 Å². The summed E-state index contributed by atoms with van der Waals surface area (Å²) in [6.07, 6.45) is 22.5. The van der Waals surface area contributed by atoms with Crippen molar-refractivity contribution in [2.75, 3.05) is 13.2 Å². The molecule has 0 amide bonds. The fourth-order valence-corrected chi connectivity index (χ4v) is 1.11. The van der Waals surface area contributed by atoms with Gasteiger partial charge in [0.1, 0.15) is 6.61 Å². The lowest BCUT2D eigenvalue weighted by atomic mass is 10.4. The largest absolute Gasteiger partial charge is 0.497 e. The van der Waals surface area contributed by atoms with Gasteiger partial charge in [0.05, 0.1) is 12.8 Å². The Morgan fingerprint density at radius 2 is 2.00 bits per heavy atom. The van der Waals surface area contributed by atoms with E-state index in [1.807, 2.05) is 24.4 Å². The Kier molecular flexibility index (Phi) is 8.53. The summed E-state index contributed by atoms with van der Waals surface area (Å²) in [4.78, 5) is 9.46. The lowest BCUT2D eigenvalue weighted by molar-refractivity contribution is 0.290. The van der Waals surface area contributed by atoms with Crippen molar-refractivity contribution in [3.63, 3.8) is 0 Å². The topological polar surface area (TPSA) is 61.0 Å².